The zero-order chi connectivity index (χ0) is 32.0. The number of nitrogens with one attached hydrogen (secondary N) is 1. The van der Waals surface area contributed by atoms with E-state index in [1.807, 2.05) is 12.1 Å². The molecule has 13 nitrogen and oxygen atoms in total. The Labute approximate surface area is 266 Å². The standard InChI is InChI=1S/C32H37FN8O5/c1-44-19-27(42)31(43)41-9-8-29(26(33)16-41)46-28-7-2-21(14-22(28)15-34)30-35-20-36-32(38-30)37-23-3-5-24(6-4-23)39-10-12-40(13-11-39)25-17-45-18-25/h2-7,14,20,25-27,29,42H,8-13,16-19H2,1H3,(H,35,36,37,38)/t26-,27?,29-/m0/s1. The number of hydrogen-bond donors (Lipinski definition) is 2. The second kappa shape index (κ2) is 14.3. The summed E-state index contributed by atoms with van der Waals surface area (Å²) in [7, 11) is 1.37. The van der Waals surface area contributed by atoms with E-state index in [4.69, 9.17) is 14.2 Å². The van der Waals surface area contributed by atoms with E-state index in [1.54, 1.807) is 18.2 Å². The molecule has 0 radical (unpaired) electrons. The highest BCUT2D eigenvalue weighted by Gasteiger charge is 2.35. The van der Waals surface area contributed by atoms with Crippen molar-refractivity contribution in [2.24, 2.45) is 0 Å². The summed E-state index contributed by atoms with van der Waals surface area (Å²) in [6.45, 7) is 5.52. The molecule has 0 spiro atoms. The Morgan fingerprint density at radius 2 is 1.93 bits per heavy atom. The molecule has 3 saturated heterocycles. The Balaban J connectivity index is 1.06. The molecule has 3 aromatic rings. The molecular formula is C32H37FN8O5. The van der Waals surface area contributed by atoms with Crippen LogP contribution in [0.4, 0.5) is 21.7 Å². The zero-order valence-corrected chi connectivity index (χ0v) is 25.6. The van der Waals surface area contributed by atoms with Gasteiger partial charge in [0, 0.05) is 63.2 Å². The maximum absolute atomic E-state index is 15.0. The molecule has 3 fully saturated rings. The Bertz CT molecular complexity index is 1540. The van der Waals surface area contributed by atoms with Crippen LogP contribution in [0.1, 0.15) is 12.0 Å². The smallest absolute Gasteiger partial charge is 0.253 e. The van der Waals surface area contributed by atoms with Crippen LogP contribution in [0.15, 0.2) is 48.8 Å². The highest BCUT2D eigenvalue weighted by molar-refractivity contribution is 5.81. The van der Waals surface area contributed by atoms with Crippen LogP contribution >= 0.6 is 0 Å². The first kappa shape index (κ1) is 31.6. The number of piperazine rings is 1. The number of carbonyl (C=O) groups is 1. The van der Waals surface area contributed by atoms with Gasteiger partial charge in [0.25, 0.3) is 5.91 Å². The summed E-state index contributed by atoms with van der Waals surface area (Å²) >= 11 is 0. The highest BCUT2D eigenvalue weighted by Crippen LogP contribution is 2.29. The summed E-state index contributed by atoms with van der Waals surface area (Å²) in [4.78, 5) is 31.5. The normalized spacial score (nSPS) is 21.3. The van der Waals surface area contributed by atoms with E-state index < -0.39 is 24.3 Å². The molecule has 46 heavy (non-hydrogen) atoms. The maximum Gasteiger partial charge on any atom is 0.253 e. The van der Waals surface area contributed by atoms with Crippen molar-refractivity contribution in [2.75, 3.05) is 76.4 Å². The molecule has 3 aliphatic rings. The Hall–Kier alpha value is -4.42. The Morgan fingerprint density at radius 1 is 1.15 bits per heavy atom. The van der Waals surface area contributed by atoms with E-state index in [9.17, 15) is 15.2 Å². The van der Waals surface area contributed by atoms with Crippen LogP contribution in [0.5, 0.6) is 5.75 Å². The fourth-order valence-corrected chi connectivity index (χ4v) is 5.84. The van der Waals surface area contributed by atoms with Crippen molar-refractivity contribution in [1.29, 1.82) is 5.26 Å². The number of piperidine rings is 1. The van der Waals surface area contributed by atoms with Gasteiger partial charge in [-0.3, -0.25) is 9.69 Å². The van der Waals surface area contributed by atoms with Gasteiger partial charge >= 0.3 is 0 Å². The lowest BCUT2D eigenvalue weighted by atomic mass is 10.0. The van der Waals surface area contributed by atoms with Crippen molar-refractivity contribution in [2.45, 2.75) is 30.8 Å². The predicted molar refractivity (Wildman–Crippen MR) is 166 cm³/mol. The number of aliphatic hydroxyl groups excluding tert-OH is 1. The van der Waals surface area contributed by atoms with E-state index in [1.165, 1.54) is 18.3 Å². The average molecular weight is 633 g/mol. The lowest BCUT2D eigenvalue weighted by Crippen LogP contribution is -2.56. The molecule has 6 rings (SSSR count). The SMILES string of the molecule is COCC(O)C(=O)N1CC[C@H](Oc2ccc(-c3ncnc(Nc4ccc(N5CCN(C6COC6)CC5)cc4)n3)cc2C#N)[C@@H](F)C1. The lowest BCUT2D eigenvalue weighted by Gasteiger charge is -2.43. The van der Waals surface area contributed by atoms with E-state index in [0.717, 1.165) is 50.8 Å². The van der Waals surface area contributed by atoms with E-state index in [-0.39, 0.29) is 37.4 Å². The fraction of sp³-hybridized carbons (Fsp3) is 0.469. The van der Waals surface area contributed by atoms with Crippen LogP contribution < -0.4 is 15.0 Å². The van der Waals surface area contributed by atoms with Gasteiger partial charge in [0.15, 0.2) is 18.1 Å². The third-order valence-corrected chi connectivity index (χ3v) is 8.55. The third kappa shape index (κ3) is 7.18. The Morgan fingerprint density at radius 3 is 2.61 bits per heavy atom. The van der Waals surface area contributed by atoms with Gasteiger partial charge in [-0.15, -0.1) is 0 Å². The molecule has 2 N–H and O–H groups in total. The number of ether oxygens (including phenoxy) is 3. The molecule has 2 aromatic carbocycles. The average Bonchev–Trinajstić information content (AvgIpc) is 3.05. The van der Waals surface area contributed by atoms with Crippen molar-refractivity contribution in [1.82, 2.24) is 24.8 Å². The summed E-state index contributed by atoms with van der Waals surface area (Å²) in [6.07, 6.45) is -2.09. The number of halogens is 1. The van der Waals surface area contributed by atoms with Crippen LogP contribution in [0.3, 0.4) is 0 Å². The number of rotatable bonds is 10. The van der Waals surface area contributed by atoms with Gasteiger partial charge in [-0.25, -0.2) is 14.4 Å². The number of amides is 1. The first-order chi connectivity index (χ1) is 22.4. The summed E-state index contributed by atoms with van der Waals surface area (Å²) in [5.41, 5.74) is 2.76. The van der Waals surface area contributed by atoms with Crippen LogP contribution in [-0.2, 0) is 14.3 Å². The fourth-order valence-electron chi connectivity index (χ4n) is 5.84. The summed E-state index contributed by atoms with van der Waals surface area (Å²) in [6, 6.07) is 15.7. The van der Waals surface area contributed by atoms with Crippen molar-refractivity contribution in [3.8, 4) is 23.2 Å². The van der Waals surface area contributed by atoms with Crippen molar-refractivity contribution in [3.63, 3.8) is 0 Å². The first-order valence-electron chi connectivity index (χ1n) is 15.4. The molecule has 4 heterocycles. The third-order valence-electron chi connectivity index (χ3n) is 8.55. The monoisotopic (exact) mass is 632 g/mol. The quantitative estimate of drug-likeness (QED) is 0.337. The van der Waals surface area contributed by atoms with E-state index >= 15 is 4.39 Å². The van der Waals surface area contributed by atoms with Crippen molar-refractivity contribution < 1.29 is 28.5 Å². The van der Waals surface area contributed by atoms with Gasteiger partial charge in [-0.1, -0.05) is 0 Å². The number of nitrogens with zero attached hydrogens (tertiary/aromatic N) is 7. The molecule has 0 aliphatic carbocycles. The first-order valence-corrected chi connectivity index (χ1v) is 15.4. The summed E-state index contributed by atoms with van der Waals surface area (Å²) in [5.74, 6) is 0.351. The summed E-state index contributed by atoms with van der Waals surface area (Å²) in [5, 5.41) is 22.9. The number of nitriles is 1. The number of methoxy groups -OCH3 is 1. The molecular weight excluding hydrogens is 595 g/mol. The minimum Gasteiger partial charge on any atom is -0.486 e. The highest BCUT2D eigenvalue weighted by atomic mass is 19.1. The number of likely N-dealkylation sites (tertiary alicyclic amines) is 1. The largest absolute Gasteiger partial charge is 0.486 e. The van der Waals surface area contributed by atoms with Gasteiger partial charge in [0.2, 0.25) is 5.95 Å². The molecule has 1 aromatic heterocycles. The number of aliphatic hydroxyl groups is 1. The maximum atomic E-state index is 15.0. The number of alkyl halides is 1. The molecule has 3 aliphatic heterocycles. The number of carbonyl (C=O) groups excluding carboxylic acids is 1. The molecule has 0 saturated carbocycles. The van der Waals surface area contributed by atoms with Crippen LogP contribution in [-0.4, -0.2) is 126 Å². The molecule has 14 heteroatoms. The van der Waals surface area contributed by atoms with Gasteiger partial charge in [-0.2, -0.15) is 10.2 Å². The topological polar surface area (TPSA) is 149 Å². The minimum absolute atomic E-state index is 0.161. The van der Waals surface area contributed by atoms with Gasteiger partial charge < -0.3 is 34.4 Å². The molecule has 1 unspecified atom stereocenters. The molecule has 242 valence electrons. The molecule has 3 atom stereocenters. The van der Waals surface area contributed by atoms with Gasteiger partial charge in [-0.05, 0) is 42.5 Å². The number of benzene rings is 2. The summed E-state index contributed by atoms with van der Waals surface area (Å²) < 4.78 is 31.1. The predicted octanol–water partition coefficient (Wildman–Crippen LogP) is 2.00. The van der Waals surface area contributed by atoms with Gasteiger partial charge in [0.05, 0.1) is 38.0 Å². The van der Waals surface area contributed by atoms with Crippen LogP contribution in [0, 0.1) is 11.3 Å². The lowest BCUT2D eigenvalue weighted by molar-refractivity contribution is -0.146. The van der Waals surface area contributed by atoms with E-state index in [0.29, 0.717) is 23.4 Å². The van der Waals surface area contributed by atoms with Gasteiger partial charge in [0.1, 0.15) is 24.3 Å². The number of hydrogen-bond acceptors (Lipinski definition) is 12. The molecule has 0 bridgehead atoms. The second-order valence-corrected chi connectivity index (χ2v) is 11.6. The van der Waals surface area contributed by atoms with Crippen molar-refractivity contribution in [3.05, 3.63) is 54.4 Å². The minimum atomic E-state index is -1.50. The zero-order valence-electron chi connectivity index (χ0n) is 25.6. The van der Waals surface area contributed by atoms with Crippen molar-refractivity contribution >= 4 is 23.2 Å². The number of aromatic nitrogens is 3. The van der Waals surface area contributed by atoms with E-state index in [2.05, 4.69) is 48.3 Å². The molecule has 1 amide bonds. The van der Waals surface area contributed by atoms with Crippen LogP contribution in [0.2, 0.25) is 0 Å². The Kier molecular flexibility index (Phi) is 9.84. The van der Waals surface area contributed by atoms with Crippen LogP contribution in [0.25, 0.3) is 11.4 Å². The second-order valence-electron chi connectivity index (χ2n) is 11.6. The number of anilines is 3.